The molecule has 0 radical (unpaired) electrons. The molecule has 0 bridgehead atoms. The van der Waals surface area contributed by atoms with Crippen LogP contribution in [0, 0.1) is 6.92 Å². The molecule has 0 fully saturated rings. The highest BCUT2D eigenvalue weighted by Crippen LogP contribution is 2.24. The number of hydrogen-bond acceptors (Lipinski definition) is 7. The Labute approximate surface area is 168 Å². The Morgan fingerprint density at radius 2 is 1.79 bits per heavy atom. The number of esters is 1. The number of aromatic nitrogens is 3. The van der Waals surface area contributed by atoms with Crippen molar-refractivity contribution in [2.45, 2.75) is 18.6 Å². The first-order valence-corrected chi connectivity index (χ1v) is 9.68. The van der Waals surface area contributed by atoms with Gasteiger partial charge in [-0.1, -0.05) is 29.5 Å². The molecule has 0 aliphatic heterocycles. The van der Waals surface area contributed by atoms with Crippen LogP contribution < -0.4 is 10.1 Å². The van der Waals surface area contributed by atoms with E-state index in [1.54, 1.807) is 7.11 Å². The number of aryl methyl sites for hydroxylation is 1. The minimum atomic E-state index is -0.311. The van der Waals surface area contributed by atoms with Crippen LogP contribution in [0.25, 0.3) is 5.69 Å². The number of ether oxygens (including phenoxy) is 2. The van der Waals surface area contributed by atoms with Gasteiger partial charge in [-0.15, -0.1) is 10.2 Å². The highest BCUT2D eigenvalue weighted by atomic mass is 32.2. The standard InChI is InChI=1S/C20H22N4O3S/c1-14-4-6-15(7-5-14)21-12-18-22-23-20(28-13-19(25)27-3)24(18)16-8-10-17(26-2)11-9-16/h4-11,21H,12-13H2,1-3H3. The number of carbonyl (C=O) groups excluding carboxylic acids is 1. The minimum Gasteiger partial charge on any atom is -0.497 e. The molecule has 3 aromatic rings. The first-order chi connectivity index (χ1) is 13.6. The van der Waals surface area contributed by atoms with E-state index >= 15 is 0 Å². The maximum atomic E-state index is 11.5. The van der Waals surface area contributed by atoms with Crippen molar-refractivity contribution in [2.24, 2.45) is 0 Å². The first-order valence-electron chi connectivity index (χ1n) is 8.69. The van der Waals surface area contributed by atoms with E-state index in [0.29, 0.717) is 11.7 Å². The SMILES string of the molecule is COC(=O)CSc1nnc(CNc2ccc(C)cc2)n1-c1ccc(OC)cc1. The van der Waals surface area contributed by atoms with Gasteiger partial charge in [-0.2, -0.15) is 0 Å². The third-order valence-corrected chi connectivity index (χ3v) is 4.98. The van der Waals surface area contributed by atoms with Gasteiger partial charge in [0.1, 0.15) is 5.75 Å². The predicted molar refractivity (Wildman–Crippen MR) is 109 cm³/mol. The summed E-state index contributed by atoms with van der Waals surface area (Å²) in [7, 11) is 3.00. The third kappa shape index (κ3) is 4.83. The molecule has 1 N–H and O–H groups in total. The number of rotatable bonds is 8. The maximum absolute atomic E-state index is 11.5. The average molecular weight is 398 g/mol. The fourth-order valence-electron chi connectivity index (χ4n) is 2.53. The van der Waals surface area contributed by atoms with E-state index in [9.17, 15) is 4.79 Å². The van der Waals surface area contributed by atoms with Gasteiger partial charge in [0.05, 0.1) is 26.5 Å². The van der Waals surface area contributed by atoms with Gasteiger partial charge >= 0.3 is 5.97 Å². The van der Waals surface area contributed by atoms with Crippen molar-refractivity contribution < 1.29 is 14.3 Å². The summed E-state index contributed by atoms with van der Waals surface area (Å²) in [5.74, 6) is 1.35. The van der Waals surface area contributed by atoms with E-state index in [0.717, 1.165) is 22.9 Å². The van der Waals surface area contributed by atoms with E-state index in [2.05, 4.69) is 22.4 Å². The predicted octanol–water partition coefficient (Wildman–Crippen LogP) is 3.46. The zero-order valence-corrected chi connectivity index (χ0v) is 16.8. The van der Waals surface area contributed by atoms with E-state index in [1.807, 2.05) is 53.1 Å². The molecule has 8 heteroatoms. The van der Waals surface area contributed by atoms with Gasteiger partial charge < -0.3 is 14.8 Å². The Morgan fingerprint density at radius 1 is 1.07 bits per heavy atom. The molecule has 1 heterocycles. The summed E-state index contributed by atoms with van der Waals surface area (Å²) < 4.78 is 11.9. The molecule has 0 aliphatic carbocycles. The van der Waals surface area contributed by atoms with Crippen molar-refractivity contribution in [2.75, 3.05) is 25.3 Å². The summed E-state index contributed by atoms with van der Waals surface area (Å²) in [5, 5.41) is 12.6. The molecule has 0 saturated heterocycles. The molecule has 0 amide bonds. The number of anilines is 1. The van der Waals surface area contributed by atoms with Crippen molar-refractivity contribution in [3.63, 3.8) is 0 Å². The molecular formula is C20H22N4O3S. The van der Waals surface area contributed by atoms with Gasteiger partial charge in [0.15, 0.2) is 11.0 Å². The van der Waals surface area contributed by atoms with E-state index < -0.39 is 0 Å². The van der Waals surface area contributed by atoms with Crippen LogP contribution in [0.3, 0.4) is 0 Å². The van der Waals surface area contributed by atoms with Crippen molar-refractivity contribution >= 4 is 23.4 Å². The molecule has 2 aromatic carbocycles. The highest BCUT2D eigenvalue weighted by molar-refractivity contribution is 7.99. The molecular weight excluding hydrogens is 376 g/mol. The highest BCUT2D eigenvalue weighted by Gasteiger charge is 2.16. The number of nitrogens with one attached hydrogen (secondary N) is 1. The van der Waals surface area contributed by atoms with Crippen LogP contribution in [0.1, 0.15) is 11.4 Å². The molecule has 0 aliphatic rings. The van der Waals surface area contributed by atoms with Crippen molar-refractivity contribution in [1.29, 1.82) is 0 Å². The third-order valence-electron chi connectivity index (χ3n) is 4.08. The Bertz CT molecular complexity index is 924. The monoisotopic (exact) mass is 398 g/mol. The quantitative estimate of drug-likeness (QED) is 0.460. The van der Waals surface area contributed by atoms with Gasteiger partial charge in [0.25, 0.3) is 0 Å². The molecule has 7 nitrogen and oxygen atoms in total. The summed E-state index contributed by atoms with van der Waals surface area (Å²) in [4.78, 5) is 11.5. The molecule has 0 spiro atoms. The Balaban J connectivity index is 1.86. The van der Waals surface area contributed by atoms with E-state index in [1.165, 1.54) is 24.4 Å². The van der Waals surface area contributed by atoms with Gasteiger partial charge in [-0.05, 0) is 43.3 Å². The molecule has 3 rings (SSSR count). The molecule has 1 aromatic heterocycles. The lowest BCUT2D eigenvalue weighted by Crippen LogP contribution is -2.09. The lowest BCUT2D eigenvalue weighted by molar-refractivity contribution is -0.137. The molecule has 28 heavy (non-hydrogen) atoms. The van der Waals surface area contributed by atoms with Gasteiger partial charge in [-0.3, -0.25) is 9.36 Å². The summed E-state index contributed by atoms with van der Waals surface area (Å²) in [6.07, 6.45) is 0. The second-order valence-electron chi connectivity index (χ2n) is 6.02. The first kappa shape index (κ1) is 19.8. The maximum Gasteiger partial charge on any atom is 0.316 e. The van der Waals surface area contributed by atoms with Crippen LogP contribution in [0.15, 0.2) is 53.7 Å². The Morgan fingerprint density at radius 3 is 2.43 bits per heavy atom. The largest absolute Gasteiger partial charge is 0.497 e. The van der Waals surface area contributed by atoms with Crippen LogP contribution in [0.2, 0.25) is 0 Å². The summed E-state index contributed by atoms with van der Waals surface area (Å²) >= 11 is 1.28. The van der Waals surface area contributed by atoms with Gasteiger partial charge in [-0.25, -0.2) is 0 Å². The Hall–Kier alpha value is -3.00. The smallest absolute Gasteiger partial charge is 0.316 e. The van der Waals surface area contributed by atoms with Crippen LogP contribution in [0.5, 0.6) is 5.75 Å². The second-order valence-corrected chi connectivity index (χ2v) is 6.96. The number of carbonyl (C=O) groups is 1. The number of nitrogens with zero attached hydrogens (tertiary/aromatic N) is 3. The molecule has 0 atom stereocenters. The zero-order valence-electron chi connectivity index (χ0n) is 16.0. The average Bonchev–Trinajstić information content (AvgIpc) is 3.14. The second kappa shape index (κ2) is 9.27. The normalized spacial score (nSPS) is 10.5. The van der Waals surface area contributed by atoms with Gasteiger partial charge in [0, 0.05) is 11.4 Å². The molecule has 0 unspecified atom stereocenters. The minimum absolute atomic E-state index is 0.163. The summed E-state index contributed by atoms with van der Waals surface area (Å²) in [6, 6.07) is 15.8. The van der Waals surface area contributed by atoms with Crippen LogP contribution in [-0.2, 0) is 16.1 Å². The number of methoxy groups -OCH3 is 2. The van der Waals surface area contributed by atoms with Crippen LogP contribution >= 0.6 is 11.8 Å². The fourth-order valence-corrected chi connectivity index (χ4v) is 3.34. The van der Waals surface area contributed by atoms with E-state index in [-0.39, 0.29) is 11.7 Å². The number of benzene rings is 2. The van der Waals surface area contributed by atoms with Crippen molar-refractivity contribution in [3.05, 3.63) is 59.9 Å². The van der Waals surface area contributed by atoms with Crippen molar-refractivity contribution in [1.82, 2.24) is 14.8 Å². The van der Waals surface area contributed by atoms with Crippen LogP contribution in [0.4, 0.5) is 5.69 Å². The van der Waals surface area contributed by atoms with Gasteiger partial charge in [0.2, 0.25) is 0 Å². The fraction of sp³-hybridized carbons (Fsp3) is 0.250. The summed E-state index contributed by atoms with van der Waals surface area (Å²) in [5.41, 5.74) is 3.09. The Kier molecular flexibility index (Phi) is 6.54. The summed E-state index contributed by atoms with van der Waals surface area (Å²) in [6.45, 7) is 2.54. The van der Waals surface area contributed by atoms with Crippen LogP contribution in [-0.4, -0.2) is 40.7 Å². The lowest BCUT2D eigenvalue weighted by Gasteiger charge is -2.12. The van der Waals surface area contributed by atoms with Crippen molar-refractivity contribution in [3.8, 4) is 11.4 Å². The van der Waals surface area contributed by atoms with E-state index in [4.69, 9.17) is 9.47 Å². The molecule has 146 valence electrons. The zero-order chi connectivity index (χ0) is 19.9. The lowest BCUT2D eigenvalue weighted by atomic mass is 10.2. The number of thioether (sulfide) groups is 1. The molecule has 0 saturated carbocycles. The topological polar surface area (TPSA) is 78.3 Å². The number of hydrogen-bond donors (Lipinski definition) is 1.